The Kier molecular flexibility index (Phi) is 2.77. The van der Waals surface area contributed by atoms with Crippen LogP contribution in [0.2, 0.25) is 0 Å². The number of hydrogen-bond donors (Lipinski definition) is 1. The largest absolute Gasteiger partial charge is 0.352 e. The third kappa shape index (κ3) is 2.13. The zero-order chi connectivity index (χ0) is 11.6. The molecular formula is C13H14FNO. The molecule has 1 saturated carbocycles. The summed E-state index contributed by atoms with van der Waals surface area (Å²) in [5.41, 5.74) is 0.915. The van der Waals surface area contributed by atoms with Crippen LogP contribution in [0.25, 0.3) is 0 Å². The number of rotatable bonds is 4. The van der Waals surface area contributed by atoms with Gasteiger partial charge in [-0.15, -0.1) is 0 Å². The Bertz CT molecular complexity index is 424. The lowest BCUT2D eigenvalue weighted by Gasteiger charge is -2.15. The molecule has 1 aliphatic carbocycles. The fourth-order valence-corrected chi connectivity index (χ4v) is 1.87. The van der Waals surface area contributed by atoms with Crippen LogP contribution in [0.1, 0.15) is 18.4 Å². The van der Waals surface area contributed by atoms with Crippen LogP contribution >= 0.6 is 0 Å². The van der Waals surface area contributed by atoms with Crippen LogP contribution in [0.3, 0.4) is 0 Å². The molecule has 2 nitrogen and oxygen atoms in total. The third-order valence-electron chi connectivity index (χ3n) is 3.08. The predicted molar refractivity (Wildman–Crippen MR) is 60.5 cm³/mol. The van der Waals surface area contributed by atoms with Gasteiger partial charge in [-0.3, -0.25) is 4.79 Å². The van der Waals surface area contributed by atoms with Gasteiger partial charge >= 0.3 is 0 Å². The Morgan fingerprint density at radius 1 is 1.56 bits per heavy atom. The highest BCUT2D eigenvalue weighted by Crippen LogP contribution is 2.47. The quantitative estimate of drug-likeness (QED) is 0.772. The summed E-state index contributed by atoms with van der Waals surface area (Å²) in [7, 11) is 0. The van der Waals surface area contributed by atoms with Gasteiger partial charge in [0.25, 0.3) is 0 Å². The van der Waals surface area contributed by atoms with Crippen molar-refractivity contribution in [3.63, 3.8) is 0 Å². The number of amides is 1. The number of nitrogens with one attached hydrogen (secondary N) is 1. The average Bonchev–Trinajstić information content (AvgIpc) is 3.07. The van der Waals surface area contributed by atoms with Crippen molar-refractivity contribution in [1.29, 1.82) is 0 Å². The van der Waals surface area contributed by atoms with Crippen LogP contribution in [0.15, 0.2) is 36.9 Å². The van der Waals surface area contributed by atoms with Crippen LogP contribution in [0, 0.1) is 5.82 Å². The Morgan fingerprint density at radius 2 is 2.31 bits per heavy atom. The molecule has 0 unspecified atom stereocenters. The van der Waals surface area contributed by atoms with Crippen LogP contribution < -0.4 is 5.32 Å². The molecule has 16 heavy (non-hydrogen) atoms. The van der Waals surface area contributed by atoms with E-state index in [4.69, 9.17) is 0 Å². The zero-order valence-electron chi connectivity index (χ0n) is 9.00. The lowest BCUT2D eigenvalue weighted by atomic mass is 9.96. The Hall–Kier alpha value is -1.64. The SMILES string of the molecule is C=CC(=O)NCC1(c2cccc(F)c2)CC1. The molecule has 2 rings (SSSR count). The van der Waals surface area contributed by atoms with Crippen LogP contribution in [-0.4, -0.2) is 12.5 Å². The van der Waals surface area contributed by atoms with Gasteiger partial charge < -0.3 is 5.32 Å². The van der Waals surface area contributed by atoms with E-state index in [-0.39, 0.29) is 17.1 Å². The normalized spacial score (nSPS) is 16.6. The zero-order valence-corrected chi connectivity index (χ0v) is 9.00. The summed E-state index contributed by atoms with van der Waals surface area (Å²) in [4.78, 5) is 11.1. The fourth-order valence-electron chi connectivity index (χ4n) is 1.87. The summed E-state index contributed by atoms with van der Waals surface area (Å²) < 4.78 is 13.1. The molecule has 0 aliphatic heterocycles. The molecule has 1 N–H and O–H groups in total. The monoisotopic (exact) mass is 219 g/mol. The standard InChI is InChI=1S/C13H14FNO/c1-2-12(16)15-9-13(6-7-13)10-4-3-5-11(14)8-10/h2-5,8H,1,6-7,9H2,(H,15,16). The predicted octanol–water partition coefficient (Wildman–Crippen LogP) is 2.16. The Morgan fingerprint density at radius 3 is 2.88 bits per heavy atom. The molecule has 1 aromatic rings. The second-order valence-corrected chi connectivity index (χ2v) is 4.21. The first-order chi connectivity index (χ1) is 7.66. The third-order valence-corrected chi connectivity index (χ3v) is 3.08. The molecule has 1 aromatic carbocycles. The van der Waals surface area contributed by atoms with Crippen molar-refractivity contribution in [2.24, 2.45) is 0 Å². The number of hydrogen-bond acceptors (Lipinski definition) is 1. The van der Waals surface area contributed by atoms with Crippen molar-refractivity contribution in [3.8, 4) is 0 Å². The minimum atomic E-state index is -0.223. The van der Waals surface area contributed by atoms with Crippen molar-refractivity contribution >= 4 is 5.91 Å². The molecule has 0 bridgehead atoms. The van der Waals surface area contributed by atoms with Crippen molar-refractivity contribution in [2.45, 2.75) is 18.3 Å². The molecule has 1 aliphatic rings. The van der Waals surface area contributed by atoms with Gasteiger partial charge in [0, 0.05) is 12.0 Å². The first-order valence-corrected chi connectivity index (χ1v) is 5.33. The van der Waals surface area contributed by atoms with E-state index in [1.807, 2.05) is 6.07 Å². The molecule has 0 heterocycles. The molecule has 1 amide bonds. The Labute approximate surface area is 94.2 Å². The van der Waals surface area contributed by atoms with Crippen LogP contribution in [-0.2, 0) is 10.2 Å². The molecule has 1 fully saturated rings. The molecule has 0 spiro atoms. The summed E-state index contributed by atoms with van der Waals surface area (Å²) in [5.74, 6) is -0.401. The van der Waals surface area contributed by atoms with Gasteiger partial charge in [0.05, 0.1) is 0 Å². The minimum Gasteiger partial charge on any atom is -0.352 e. The molecule has 84 valence electrons. The maximum atomic E-state index is 13.1. The van der Waals surface area contributed by atoms with Crippen molar-refractivity contribution < 1.29 is 9.18 Å². The number of halogens is 1. The van der Waals surface area contributed by atoms with Gasteiger partial charge in [0.2, 0.25) is 5.91 Å². The Balaban J connectivity index is 2.08. The van der Waals surface area contributed by atoms with Crippen molar-refractivity contribution in [2.75, 3.05) is 6.54 Å². The number of carbonyl (C=O) groups excluding carboxylic acids is 1. The van der Waals surface area contributed by atoms with E-state index in [1.165, 1.54) is 12.1 Å². The van der Waals surface area contributed by atoms with E-state index in [0.29, 0.717) is 6.54 Å². The number of benzene rings is 1. The van der Waals surface area contributed by atoms with Crippen molar-refractivity contribution in [3.05, 3.63) is 48.3 Å². The van der Waals surface area contributed by atoms with E-state index < -0.39 is 0 Å². The highest BCUT2D eigenvalue weighted by Gasteiger charge is 2.44. The highest BCUT2D eigenvalue weighted by molar-refractivity contribution is 5.86. The molecule has 0 aromatic heterocycles. The van der Waals surface area contributed by atoms with Crippen LogP contribution in [0.4, 0.5) is 4.39 Å². The van der Waals surface area contributed by atoms with Gasteiger partial charge in [-0.2, -0.15) is 0 Å². The van der Waals surface area contributed by atoms with Gasteiger partial charge in [0.15, 0.2) is 0 Å². The van der Waals surface area contributed by atoms with E-state index in [2.05, 4.69) is 11.9 Å². The van der Waals surface area contributed by atoms with Crippen molar-refractivity contribution in [1.82, 2.24) is 5.32 Å². The maximum absolute atomic E-state index is 13.1. The van der Waals surface area contributed by atoms with E-state index in [9.17, 15) is 9.18 Å². The molecule has 0 saturated heterocycles. The first kappa shape index (κ1) is 10.9. The molecule has 0 radical (unpaired) electrons. The smallest absolute Gasteiger partial charge is 0.243 e. The van der Waals surface area contributed by atoms with E-state index in [0.717, 1.165) is 18.4 Å². The average molecular weight is 219 g/mol. The van der Waals surface area contributed by atoms with E-state index in [1.54, 1.807) is 12.1 Å². The van der Waals surface area contributed by atoms with Gasteiger partial charge in [-0.05, 0) is 36.6 Å². The first-order valence-electron chi connectivity index (χ1n) is 5.33. The molecular weight excluding hydrogens is 205 g/mol. The van der Waals surface area contributed by atoms with Gasteiger partial charge in [0.1, 0.15) is 5.82 Å². The summed E-state index contributed by atoms with van der Waals surface area (Å²) in [6, 6.07) is 6.60. The van der Waals surface area contributed by atoms with Crippen LogP contribution in [0.5, 0.6) is 0 Å². The second kappa shape index (κ2) is 4.08. The molecule has 3 heteroatoms. The van der Waals surface area contributed by atoms with Gasteiger partial charge in [-0.1, -0.05) is 18.7 Å². The highest BCUT2D eigenvalue weighted by atomic mass is 19.1. The van der Waals surface area contributed by atoms with E-state index >= 15 is 0 Å². The second-order valence-electron chi connectivity index (χ2n) is 4.21. The fraction of sp³-hybridized carbons (Fsp3) is 0.308. The summed E-state index contributed by atoms with van der Waals surface area (Å²) >= 11 is 0. The lowest BCUT2D eigenvalue weighted by Crippen LogP contribution is -2.30. The molecule has 0 atom stereocenters. The number of carbonyl (C=O) groups is 1. The van der Waals surface area contributed by atoms with Gasteiger partial charge in [-0.25, -0.2) is 4.39 Å². The maximum Gasteiger partial charge on any atom is 0.243 e. The summed E-state index contributed by atoms with van der Waals surface area (Å²) in [6.45, 7) is 3.95. The topological polar surface area (TPSA) is 29.1 Å². The minimum absolute atomic E-state index is 0.0548. The lowest BCUT2D eigenvalue weighted by molar-refractivity contribution is -0.116. The summed E-state index contributed by atoms with van der Waals surface area (Å²) in [5, 5.41) is 2.77. The summed E-state index contributed by atoms with van der Waals surface area (Å²) in [6.07, 6.45) is 3.24.